The summed E-state index contributed by atoms with van der Waals surface area (Å²) >= 11 is 0. The number of rotatable bonds is 4. The highest BCUT2D eigenvalue weighted by Crippen LogP contribution is 2.34. The van der Waals surface area contributed by atoms with Crippen molar-refractivity contribution in [2.24, 2.45) is 4.99 Å². The van der Waals surface area contributed by atoms with Gasteiger partial charge in [-0.1, -0.05) is 12.1 Å². The van der Waals surface area contributed by atoms with E-state index in [-0.39, 0.29) is 5.95 Å². The predicted octanol–water partition coefficient (Wildman–Crippen LogP) is 3.59. The third kappa shape index (κ3) is 7.94. The highest BCUT2D eigenvalue weighted by molar-refractivity contribution is 5.91. The maximum atomic E-state index is 9.00. The number of hydrogen-bond donors (Lipinski definition) is 4. The van der Waals surface area contributed by atoms with E-state index < -0.39 is 11.9 Å². The number of aromatic nitrogens is 2. The molecule has 0 spiro atoms. The van der Waals surface area contributed by atoms with Crippen LogP contribution >= 0.6 is 0 Å². The number of aliphatic imine (C=N–C) groups is 1. The first-order chi connectivity index (χ1) is 15.7. The van der Waals surface area contributed by atoms with Crippen molar-refractivity contribution >= 4 is 35.6 Å². The summed E-state index contributed by atoms with van der Waals surface area (Å²) < 4.78 is 5.36. The van der Waals surface area contributed by atoms with Gasteiger partial charge in [-0.25, -0.2) is 4.98 Å². The van der Waals surface area contributed by atoms with Crippen molar-refractivity contribution in [3.63, 3.8) is 0 Å². The zero-order valence-corrected chi connectivity index (χ0v) is 18.4. The lowest BCUT2D eigenvalue weighted by atomic mass is 9.95. The van der Waals surface area contributed by atoms with E-state index in [0.717, 1.165) is 42.0 Å². The molecular formula is C23H25N5O5. The van der Waals surface area contributed by atoms with Gasteiger partial charge in [-0.3, -0.25) is 14.6 Å². The van der Waals surface area contributed by atoms with Crippen molar-refractivity contribution in [2.75, 3.05) is 18.2 Å². The number of carbonyl (C=O) groups is 2. The number of carboxylic acids is 2. The normalized spacial score (nSPS) is 10.6. The monoisotopic (exact) mass is 451 g/mol. The van der Waals surface area contributed by atoms with E-state index in [1.54, 1.807) is 19.4 Å². The van der Waals surface area contributed by atoms with E-state index in [9.17, 15) is 0 Å². The molecule has 0 aliphatic carbocycles. The number of methoxy groups -OCH3 is 1. The highest BCUT2D eigenvalue weighted by Gasteiger charge is 2.15. The van der Waals surface area contributed by atoms with Gasteiger partial charge >= 0.3 is 0 Å². The lowest BCUT2D eigenvalue weighted by Gasteiger charge is -2.13. The predicted molar refractivity (Wildman–Crippen MR) is 126 cm³/mol. The van der Waals surface area contributed by atoms with Crippen molar-refractivity contribution in [2.45, 2.75) is 20.4 Å². The topological polar surface area (TPSA) is 160 Å². The lowest BCUT2D eigenvalue weighted by molar-refractivity contribution is -0.135. The number of carboxylic acid groups (broad SMARTS) is 2. The van der Waals surface area contributed by atoms with Crippen LogP contribution in [0.4, 0.5) is 17.5 Å². The number of nitrogens with two attached hydrogens (primary N) is 1. The fraction of sp³-hybridized carbons (Fsp3) is 0.174. The third-order valence-electron chi connectivity index (χ3n) is 4.09. The molecule has 2 aromatic carbocycles. The lowest BCUT2D eigenvalue weighted by Crippen LogP contribution is -2.00. The molecule has 10 nitrogen and oxygen atoms in total. The second kappa shape index (κ2) is 11.8. The summed E-state index contributed by atoms with van der Waals surface area (Å²) in [6.45, 7) is 2.85. The molecule has 10 heteroatoms. The average Bonchev–Trinajstić information content (AvgIpc) is 3.21. The molecule has 1 aromatic heterocycles. The number of anilines is 3. The molecule has 4 rings (SSSR count). The molecule has 5 N–H and O–H groups in total. The Morgan fingerprint density at radius 3 is 2.42 bits per heavy atom. The second-order valence-corrected chi connectivity index (χ2v) is 6.76. The molecule has 33 heavy (non-hydrogen) atoms. The quantitative estimate of drug-likeness (QED) is 0.464. The zero-order chi connectivity index (χ0) is 24.4. The number of nitrogens with one attached hydrogen (secondary N) is 1. The molecule has 0 saturated heterocycles. The van der Waals surface area contributed by atoms with Gasteiger partial charge in [0.05, 0.1) is 13.7 Å². The second-order valence-electron chi connectivity index (χ2n) is 6.76. The summed E-state index contributed by atoms with van der Waals surface area (Å²) in [5, 5.41) is 18.1. The van der Waals surface area contributed by atoms with Crippen molar-refractivity contribution in [3.8, 4) is 16.9 Å². The Morgan fingerprint density at radius 1 is 1.09 bits per heavy atom. The zero-order valence-electron chi connectivity index (χ0n) is 18.4. The summed E-state index contributed by atoms with van der Waals surface area (Å²) in [6, 6.07) is 14.0. The Balaban J connectivity index is 0.000000420. The Labute approximate surface area is 190 Å². The van der Waals surface area contributed by atoms with Crippen LogP contribution in [0.5, 0.6) is 5.75 Å². The van der Waals surface area contributed by atoms with Gasteiger partial charge in [0.15, 0.2) is 0 Å². The first-order valence-corrected chi connectivity index (χ1v) is 9.75. The minimum Gasteiger partial charge on any atom is -0.497 e. The Kier molecular flexibility index (Phi) is 8.86. The van der Waals surface area contributed by atoms with Crippen LogP contribution in [-0.2, 0) is 16.1 Å². The van der Waals surface area contributed by atoms with Gasteiger partial charge in [0.1, 0.15) is 11.6 Å². The summed E-state index contributed by atoms with van der Waals surface area (Å²) in [5.74, 6) is 0.0480. The van der Waals surface area contributed by atoms with E-state index in [2.05, 4.69) is 38.5 Å². The standard InChI is InChI=1S/C19H17N5O.2C2H4O2/c1-25-15-4-2-3-12(8-15)16-9-14(7-13-10-21-11-17(13)16)23-18-5-6-22-19(20)24-18;2*1-2(3)4/h2-10H,11H2,1H3,(H3,20,22,23,24);2*1H3,(H,3,4). The van der Waals surface area contributed by atoms with Gasteiger partial charge in [-0.05, 0) is 47.0 Å². The minimum absolute atomic E-state index is 0.237. The van der Waals surface area contributed by atoms with E-state index >= 15 is 0 Å². The molecule has 1 aliphatic heterocycles. The molecule has 1 aliphatic rings. The number of nitrogen functional groups attached to an aromatic ring is 1. The SMILES string of the molecule is CC(=O)O.CC(=O)O.COc1cccc(-c2cc(Nc3ccnc(N)n3)cc3c2CN=C3)c1. The fourth-order valence-electron chi connectivity index (χ4n) is 2.93. The van der Waals surface area contributed by atoms with Crippen LogP contribution in [-0.4, -0.2) is 45.4 Å². The van der Waals surface area contributed by atoms with E-state index in [4.69, 9.17) is 30.3 Å². The van der Waals surface area contributed by atoms with Crippen LogP contribution in [0.25, 0.3) is 11.1 Å². The van der Waals surface area contributed by atoms with Crippen LogP contribution in [0, 0.1) is 0 Å². The van der Waals surface area contributed by atoms with Crippen LogP contribution in [0.1, 0.15) is 25.0 Å². The van der Waals surface area contributed by atoms with E-state index in [1.807, 2.05) is 24.4 Å². The molecule has 172 valence electrons. The first kappa shape index (κ1) is 24.8. The van der Waals surface area contributed by atoms with Crippen LogP contribution in [0.2, 0.25) is 0 Å². The summed E-state index contributed by atoms with van der Waals surface area (Å²) in [7, 11) is 1.67. The maximum Gasteiger partial charge on any atom is 0.300 e. The number of aliphatic carboxylic acids is 2. The van der Waals surface area contributed by atoms with Crippen molar-refractivity contribution in [1.82, 2.24) is 9.97 Å². The van der Waals surface area contributed by atoms with Crippen LogP contribution < -0.4 is 15.8 Å². The molecule has 0 radical (unpaired) electrons. The van der Waals surface area contributed by atoms with Gasteiger partial charge in [-0.15, -0.1) is 0 Å². The number of nitrogens with zero attached hydrogens (tertiary/aromatic N) is 3. The first-order valence-electron chi connectivity index (χ1n) is 9.75. The fourth-order valence-corrected chi connectivity index (χ4v) is 2.93. The van der Waals surface area contributed by atoms with Gasteiger partial charge in [0.25, 0.3) is 11.9 Å². The van der Waals surface area contributed by atoms with Gasteiger partial charge in [0, 0.05) is 37.5 Å². The number of benzene rings is 2. The molecule has 0 amide bonds. The van der Waals surface area contributed by atoms with Crippen LogP contribution in [0.3, 0.4) is 0 Å². The van der Waals surface area contributed by atoms with Crippen LogP contribution in [0.15, 0.2) is 53.7 Å². The molecular weight excluding hydrogens is 426 g/mol. The van der Waals surface area contributed by atoms with Crippen molar-refractivity contribution in [1.29, 1.82) is 0 Å². The summed E-state index contributed by atoms with van der Waals surface area (Å²) in [6.07, 6.45) is 3.53. The third-order valence-corrected chi connectivity index (χ3v) is 4.09. The summed E-state index contributed by atoms with van der Waals surface area (Å²) in [4.78, 5) is 30.5. The highest BCUT2D eigenvalue weighted by atomic mass is 16.5. The van der Waals surface area contributed by atoms with E-state index in [0.29, 0.717) is 12.4 Å². The summed E-state index contributed by atoms with van der Waals surface area (Å²) in [5.41, 5.74) is 11.1. The molecule has 2 heterocycles. The Bertz CT molecular complexity index is 1140. The largest absolute Gasteiger partial charge is 0.497 e. The molecule has 0 fully saturated rings. The molecule has 0 unspecified atom stereocenters. The Hall–Kier alpha value is -4.47. The molecule has 0 atom stereocenters. The molecule has 3 aromatic rings. The smallest absolute Gasteiger partial charge is 0.300 e. The number of fused-ring (bicyclic) bond motifs is 1. The maximum absolute atomic E-state index is 9.00. The average molecular weight is 451 g/mol. The van der Waals surface area contributed by atoms with Gasteiger partial charge < -0.3 is 26.0 Å². The van der Waals surface area contributed by atoms with Gasteiger partial charge in [0.2, 0.25) is 5.95 Å². The van der Waals surface area contributed by atoms with Crippen molar-refractivity contribution < 1.29 is 24.5 Å². The number of ether oxygens (including phenoxy) is 1. The molecule has 0 saturated carbocycles. The van der Waals surface area contributed by atoms with Crippen molar-refractivity contribution in [3.05, 3.63) is 59.8 Å². The van der Waals surface area contributed by atoms with Gasteiger partial charge in [-0.2, -0.15) is 4.98 Å². The Morgan fingerprint density at radius 2 is 1.79 bits per heavy atom. The number of hydrogen-bond acceptors (Lipinski definition) is 8. The van der Waals surface area contributed by atoms with E-state index in [1.165, 1.54) is 5.56 Å². The minimum atomic E-state index is -0.833. The molecule has 0 bridgehead atoms.